The number of hydrogen-bond acceptors (Lipinski definition) is 6. The smallest absolute Gasteiger partial charge is 0.254 e. The third kappa shape index (κ3) is 3.37. The third-order valence-electron chi connectivity index (χ3n) is 4.13. The summed E-state index contributed by atoms with van der Waals surface area (Å²) < 4.78 is 1.77. The van der Waals surface area contributed by atoms with E-state index in [1.165, 1.54) is 6.33 Å². The molecule has 0 aliphatic heterocycles. The fraction of sp³-hybridized carbons (Fsp3) is 0.211. The largest absolute Gasteiger partial charge is 0.345 e. The van der Waals surface area contributed by atoms with Crippen LogP contribution in [0.1, 0.15) is 24.0 Å². The molecule has 0 atom stereocenters. The van der Waals surface area contributed by atoms with Crippen molar-refractivity contribution in [1.29, 1.82) is 0 Å². The van der Waals surface area contributed by atoms with Gasteiger partial charge in [0.1, 0.15) is 12.1 Å². The zero-order chi connectivity index (χ0) is 17.8. The van der Waals surface area contributed by atoms with Gasteiger partial charge in [-0.1, -0.05) is 19.1 Å². The second kappa shape index (κ2) is 7.26. The van der Waals surface area contributed by atoms with E-state index in [1.54, 1.807) is 4.52 Å². The van der Waals surface area contributed by atoms with Crippen molar-refractivity contribution in [2.24, 2.45) is 0 Å². The van der Waals surface area contributed by atoms with Crippen LogP contribution in [-0.2, 0) is 19.5 Å². The molecule has 0 saturated heterocycles. The van der Waals surface area contributed by atoms with Gasteiger partial charge in [0, 0.05) is 24.2 Å². The lowest BCUT2D eigenvalue weighted by Crippen LogP contribution is -2.26. The number of hydrogen-bond donors (Lipinski definition) is 0. The number of aryl methyl sites for hydroxylation is 1. The molecule has 0 unspecified atom stereocenters. The predicted molar refractivity (Wildman–Crippen MR) is 98.5 cm³/mol. The zero-order valence-electron chi connectivity index (χ0n) is 14.5. The number of anilines is 1. The molecule has 0 fully saturated rings. The first-order valence-electron chi connectivity index (χ1n) is 8.58. The lowest BCUT2D eigenvalue weighted by Gasteiger charge is -2.24. The molecule has 0 aliphatic carbocycles. The predicted octanol–water partition coefficient (Wildman–Crippen LogP) is 2.68. The number of nitrogens with zero attached hydrogens (tertiary/aromatic N) is 7. The molecule has 0 radical (unpaired) electrons. The van der Waals surface area contributed by atoms with Crippen LogP contribution in [0.2, 0.25) is 0 Å². The van der Waals surface area contributed by atoms with Crippen LogP contribution in [0.5, 0.6) is 0 Å². The zero-order valence-corrected chi connectivity index (χ0v) is 14.5. The van der Waals surface area contributed by atoms with Gasteiger partial charge in [-0.3, -0.25) is 9.97 Å². The number of rotatable bonds is 6. The molecule has 4 heterocycles. The Hall–Kier alpha value is -3.35. The van der Waals surface area contributed by atoms with Gasteiger partial charge in [-0.2, -0.15) is 14.6 Å². The Morgan fingerprint density at radius 2 is 1.58 bits per heavy atom. The van der Waals surface area contributed by atoms with Gasteiger partial charge in [0.05, 0.1) is 24.5 Å². The molecule has 7 heteroatoms. The van der Waals surface area contributed by atoms with Gasteiger partial charge in [-0.15, -0.1) is 0 Å². The van der Waals surface area contributed by atoms with Crippen LogP contribution in [0.25, 0.3) is 5.78 Å². The third-order valence-corrected chi connectivity index (χ3v) is 4.13. The van der Waals surface area contributed by atoms with Gasteiger partial charge >= 0.3 is 0 Å². The summed E-state index contributed by atoms with van der Waals surface area (Å²) in [5.41, 5.74) is 2.94. The SMILES string of the molecule is CCc1cc(N(Cc2ccccn2)Cc2ccccn2)n2ncnc2n1. The first-order valence-corrected chi connectivity index (χ1v) is 8.58. The summed E-state index contributed by atoms with van der Waals surface area (Å²) in [6.07, 6.45) is 5.98. The Labute approximate surface area is 151 Å². The molecule has 0 spiro atoms. The molecule has 7 nitrogen and oxygen atoms in total. The molecule has 26 heavy (non-hydrogen) atoms. The van der Waals surface area contributed by atoms with E-state index in [4.69, 9.17) is 0 Å². The van der Waals surface area contributed by atoms with Gasteiger partial charge in [0.2, 0.25) is 0 Å². The molecule has 4 aromatic rings. The van der Waals surface area contributed by atoms with Gasteiger partial charge in [0.25, 0.3) is 5.78 Å². The van der Waals surface area contributed by atoms with Crippen molar-refractivity contribution in [3.8, 4) is 0 Å². The molecule has 0 aromatic carbocycles. The van der Waals surface area contributed by atoms with Crippen LogP contribution in [-0.4, -0.2) is 29.5 Å². The summed E-state index contributed by atoms with van der Waals surface area (Å²) >= 11 is 0. The second-order valence-electron chi connectivity index (χ2n) is 5.93. The number of aromatic nitrogens is 6. The highest BCUT2D eigenvalue weighted by Gasteiger charge is 2.16. The second-order valence-corrected chi connectivity index (χ2v) is 5.93. The fourth-order valence-electron chi connectivity index (χ4n) is 2.84. The minimum absolute atomic E-state index is 0.603. The summed E-state index contributed by atoms with van der Waals surface area (Å²) in [5.74, 6) is 1.53. The summed E-state index contributed by atoms with van der Waals surface area (Å²) in [6.45, 7) is 3.36. The molecular weight excluding hydrogens is 326 g/mol. The highest BCUT2D eigenvalue weighted by Crippen LogP contribution is 2.20. The average molecular weight is 345 g/mol. The van der Waals surface area contributed by atoms with Gasteiger partial charge in [0.15, 0.2) is 0 Å². The lowest BCUT2D eigenvalue weighted by molar-refractivity contribution is 0.724. The molecule has 0 amide bonds. The Morgan fingerprint density at radius 3 is 2.15 bits per heavy atom. The van der Waals surface area contributed by atoms with Gasteiger partial charge < -0.3 is 4.90 Å². The minimum atomic E-state index is 0.603. The summed E-state index contributed by atoms with van der Waals surface area (Å²) in [4.78, 5) is 20.0. The van der Waals surface area contributed by atoms with Crippen molar-refractivity contribution in [1.82, 2.24) is 29.5 Å². The molecular formula is C19H19N7. The van der Waals surface area contributed by atoms with E-state index in [0.717, 1.165) is 29.3 Å². The maximum Gasteiger partial charge on any atom is 0.254 e. The Morgan fingerprint density at radius 1 is 0.885 bits per heavy atom. The van der Waals surface area contributed by atoms with Crippen LogP contribution in [0.15, 0.2) is 61.2 Å². The van der Waals surface area contributed by atoms with E-state index in [1.807, 2.05) is 48.8 Å². The van der Waals surface area contributed by atoms with Crippen molar-refractivity contribution in [3.05, 3.63) is 78.3 Å². The van der Waals surface area contributed by atoms with Gasteiger partial charge in [-0.05, 0) is 30.7 Å². The number of fused-ring (bicyclic) bond motifs is 1. The molecule has 0 aliphatic rings. The molecule has 4 rings (SSSR count). The first kappa shape index (κ1) is 16.1. The van der Waals surface area contributed by atoms with E-state index < -0.39 is 0 Å². The van der Waals surface area contributed by atoms with E-state index in [2.05, 4.69) is 42.9 Å². The quantitative estimate of drug-likeness (QED) is 0.535. The van der Waals surface area contributed by atoms with Crippen LogP contribution in [0, 0.1) is 0 Å². The van der Waals surface area contributed by atoms with E-state index >= 15 is 0 Å². The van der Waals surface area contributed by atoms with E-state index in [9.17, 15) is 0 Å². The van der Waals surface area contributed by atoms with E-state index in [-0.39, 0.29) is 0 Å². The van der Waals surface area contributed by atoms with Crippen LogP contribution < -0.4 is 4.90 Å². The summed E-state index contributed by atoms with van der Waals surface area (Å²) in [7, 11) is 0. The Kier molecular flexibility index (Phi) is 4.51. The normalized spacial score (nSPS) is 11.0. The molecule has 0 bridgehead atoms. The van der Waals surface area contributed by atoms with Crippen molar-refractivity contribution in [2.45, 2.75) is 26.4 Å². The maximum atomic E-state index is 4.54. The topological polar surface area (TPSA) is 72.1 Å². The average Bonchev–Trinajstić information content (AvgIpc) is 3.17. The first-order chi connectivity index (χ1) is 12.8. The Balaban J connectivity index is 1.78. The van der Waals surface area contributed by atoms with Crippen LogP contribution >= 0.6 is 0 Å². The maximum absolute atomic E-state index is 4.54. The van der Waals surface area contributed by atoms with Crippen molar-refractivity contribution < 1.29 is 0 Å². The molecule has 130 valence electrons. The van der Waals surface area contributed by atoms with Gasteiger partial charge in [-0.25, -0.2) is 4.98 Å². The number of pyridine rings is 2. The van der Waals surface area contributed by atoms with Crippen LogP contribution in [0.3, 0.4) is 0 Å². The molecule has 4 aromatic heterocycles. The molecule has 0 saturated carbocycles. The van der Waals surface area contributed by atoms with E-state index in [0.29, 0.717) is 18.9 Å². The minimum Gasteiger partial charge on any atom is -0.345 e. The van der Waals surface area contributed by atoms with Crippen LogP contribution in [0.4, 0.5) is 5.82 Å². The van der Waals surface area contributed by atoms with Crippen molar-refractivity contribution in [3.63, 3.8) is 0 Å². The van der Waals surface area contributed by atoms with Crippen molar-refractivity contribution >= 4 is 11.6 Å². The highest BCUT2D eigenvalue weighted by atomic mass is 15.4. The lowest BCUT2D eigenvalue weighted by atomic mass is 10.2. The fourth-order valence-corrected chi connectivity index (χ4v) is 2.84. The molecule has 0 N–H and O–H groups in total. The van der Waals surface area contributed by atoms with Crippen molar-refractivity contribution in [2.75, 3.05) is 4.90 Å². The summed E-state index contributed by atoms with van der Waals surface area (Å²) in [6, 6.07) is 13.9. The highest BCUT2D eigenvalue weighted by molar-refractivity contribution is 5.48. The monoisotopic (exact) mass is 345 g/mol. The summed E-state index contributed by atoms with van der Waals surface area (Å²) in [5, 5.41) is 4.36. The standard InChI is InChI=1S/C19H19N7/c1-2-15-11-18(26-19(24-15)22-14-23-26)25(12-16-7-3-5-9-20-16)13-17-8-4-6-10-21-17/h3-11,14H,2,12-13H2,1H3. The Bertz CT molecular complexity index is 941.